The van der Waals surface area contributed by atoms with Crippen LogP contribution in [0.4, 0.5) is 0 Å². The van der Waals surface area contributed by atoms with Crippen molar-refractivity contribution < 1.29 is 9.59 Å². The van der Waals surface area contributed by atoms with Crippen LogP contribution < -0.4 is 22.5 Å². The first-order chi connectivity index (χ1) is 24.0. The zero-order chi connectivity index (χ0) is 36.0. The van der Waals surface area contributed by atoms with Gasteiger partial charge in [0, 0.05) is 19.4 Å². The van der Waals surface area contributed by atoms with Crippen LogP contribution in [0.25, 0.3) is 0 Å². The molecule has 0 aliphatic heterocycles. The first kappa shape index (κ1) is 47.8. The van der Waals surface area contributed by atoms with Gasteiger partial charge in [0.25, 0.3) is 0 Å². The zero-order valence-corrected chi connectivity index (χ0v) is 33.0. The molecule has 0 radical (unpaired) electrons. The van der Waals surface area contributed by atoms with E-state index in [-0.39, 0.29) is 24.9 Å². The molecular formula is C41H86N6O2. The van der Waals surface area contributed by atoms with Gasteiger partial charge in [0.05, 0.1) is 6.17 Å². The number of hydrogen-bond donors (Lipinski definition) is 4. The number of nitrogens with two attached hydrogens (primary N) is 3. The quantitative estimate of drug-likeness (QED) is 0.0375. The Bertz CT molecular complexity index is 701. The van der Waals surface area contributed by atoms with Crippen LogP contribution in [-0.4, -0.2) is 73.6 Å². The summed E-state index contributed by atoms with van der Waals surface area (Å²) in [6.07, 6.45) is 34.4. The monoisotopic (exact) mass is 695 g/mol. The summed E-state index contributed by atoms with van der Waals surface area (Å²) in [7, 11) is 0. The van der Waals surface area contributed by atoms with Crippen LogP contribution in [0.2, 0.25) is 0 Å². The van der Waals surface area contributed by atoms with Gasteiger partial charge in [-0.15, -0.1) is 0 Å². The van der Waals surface area contributed by atoms with Crippen molar-refractivity contribution in [1.82, 2.24) is 15.1 Å². The molecule has 0 heterocycles. The fourth-order valence-corrected chi connectivity index (χ4v) is 6.86. The number of rotatable bonds is 40. The predicted octanol–water partition coefficient (Wildman–Crippen LogP) is 8.79. The molecular weight excluding hydrogens is 608 g/mol. The van der Waals surface area contributed by atoms with Gasteiger partial charge in [-0.25, -0.2) is 0 Å². The molecule has 0 saturated heterocycles. The van der Waals surface area contributed by atoms with E-state index in [0.29, 0.717) is 13.1 Å². The second-order valence-electron chi connectivity index (χ2n) is 14.7. The minimum Gasteiger partial charge on any atom is -0.370 e. The fourth-order valence-electron chi connectivity index (χ4n) is 6.86. The highest BCUT2D eigenvalue weighted by molar-refractivity contribution is 5.83. The minimum atomic E-state index is -0.399. The summed E-state index contributed by atoms with van der Waals surface area (Å²) in [5.74, 6) is -0.335. The third-order valence-electron chi connectivity index (χ3n) is 10.0. The molecule has 0 rings (SSSR count). The molecule has 0 saturated carbocycles. The maximum Gasteiger partial charge on any atom is 0.224 e. The van der Waals surface area contributed by atoms with Gasteiger partial charge in [0.2, 0.25) is 11.8 Å². The molecule has 0 aliphatic carbocycles. The molecule has 0 fully saturated rings. The Labute approximate surface area is 305 Å². The predicted molar refractivity (Wildman–Crippen MR) is 212 cm³/mol. The minimum absolute atomic E-state index is 0.00758. The van der Waals surface area contributed by atoms with E-state index in [4.69, 9.17) is 17.2 Å². The van der Waals surface area contributed by atoms with Crippen LogP contribution in [0.3, 0.4) is 0 Å². The lowest BCUT2D eigenvalue weighted by molar-refractivity contribution is -0.136. The molecule has 0 aromatic carbocycles. The van der Waals surface area contributed by atoms with Gasteiger partial charge in [-0.3, -0.25) is 14.9 Å². The number of hydrogen-bond acceptors (Lipinski definition) is 6. The number of carbonyl (C=O) groups is 2. The average Bonchev–Trinajstić information content (AvgIpc) is 3.10. The summed E-state index contributed by atoms with van der Waals surface area (Å²) in [6, 6.07) is 0. The van der Waals surface area contributed by atoms with E-state index in [9.17, 15) is 9.59 Å². The van der Waals surface area contributed by atoms with Gasteiger partial charge in [0.15, 0.2) is 0 Å². The first-order valence-electron chi connectivity index (χ1n) is 21.4. The van der Waals surface area contributed by atoms with Gasteiger partial charge in [-0.05, 0) is 71.4 Å². The second-order valence-corrected chi connectivity index (χ2v) is 14.7. The third kappa shape index (κ3) is 32.4. The smallest absolute Gasteiger partial charge is 0.224 e. The van der Waals surface area contributed by atoms with Crippen molar-refractivity contribution >= 4 is 11.8 Å². The van der Waals surface area contributed by atoms with Gasteiger partial charge in [-0.2, -0.15) is 0 Å². The van der Waals surface area contributed by atoms with E-state index >= 15 is 0 Å². The van der Waals surface area contributed by atoms with Crippen LogP contribution in [-0.2, 0) is 9.59 Å². The Hall–Kier alpha value is -1.22. The van der Waals surface area contributed by atoms with Crippen molar-refractivity contribution in [3.05, 3.63) is 0 Å². The topological polar surface area (TPSA) is 131 Å². The highest BCUT2D eigenvalue weighted by Crippen LogP contribution is 2.17. The van der Waals surface area contributed by atoms with E-state index in [2.05, 4.69) is 29.0 Å². The number of amides is 2. The summed E-state index contributed by atoms with van der Waals surface area (Å²) < 4.78 is 0. The normalized spacial score (nSPS) is 12.2. The second kappa shape index (κ2) is 38.0. The summed E-state index contributed by atoms with van der Waals surface area (Å²) in [5, 5.41) is 3.80. The number of carbonyl (C=O) groups excluding carboxylic acids is 2. The molecule has 2 amide bonds. The van der Waals surface area contributed by atoms with E-state index in [1.165, 1.54) is 128 Å². The highest BCUT2D eigenvalue weighted by Gasteiger charge is 2.23. The lowest BCUT2D eigenvalue weighted by atomic mass is 10.0. The molecule has 1 atom stereocenters. The van der Waals surface area contributed by atoms with Crippen LogP contribution in [0.15, 0.2) is 0 Å². The maximum atomic E-state index is 13.5. The van der Waals surface area contributed by atoms with Gasteiger partial charge < -0.3 is 27.0 Å². The Morgan fingerprint density at radius 2 is 0.918 bits per heavy atom. The van der Waals surface area contributed by atoms with Crippen LogP contribution >= 0.6 is 0 Å². The zero-order valence-electron chi connectivity index (χ0n) is 33.0. The van der Waals surface area contributed by atoms with Crippen molar-refractivity contribution in [1.29, 1.82) is 0 Å². The van der Waals surface area contributed by atoms with Crippen molar-refractivity contribution in [2.45, 2.75) is 206 Å². The Morgan fingerprint density at radius 1 is 0.510 bits per heavy atom. The molecule has 1 unspecified atom stereocenters. The van der Waals surface area contributed by atoms with Crippen molar-refractivity contribution in [3.63, 3.8) is 0 Å². The molecule has 0 bridgehead atoms. The molecule has 8 nitrogen and oxygen atoms in total. The summed E-state index contributed by atoms with van der Waals surface area (Å²) >= 11 is 0. The van der Waals surface area contributed by atoms with E-state index in [1.54, 1.807) is 0 Å². The molecule has 49 heavy (non-hydrogen) atoms. The number of nitrogens with zero attached hydrogens (tertiary/aromatic N) is 2. The van der Waals surface area contributed by atoms with Crippen LogP contribution in [0.1, 0.15) is 200 Å². The van der Waals surface area contributed by atoms with Crippen molar-refractivity contribution in [2.75, 3.05) is 45.8 Å². The van der Waals surface area contributed by atoms with Crippen molar-refractivity contribution in [2.24, 2.45) is 17.2 Å². The summed E-state index contributed by atoms with van der Waals surface area (Å²) in [4.78, 5) is 29.7. The van der Waals surface area contributed by atoms with Gasteiger partial charge >= 0.3 is 0 Å². The molecule has 0 aromatic rings. The van der Waals surface area contributed by atoms with E-state index in [0.717, 1.165) is 77.7 Å². The average molecular weight is 695 g/mol. The first-order valence-corrected chi connectivity index (χ1v) is 21.4. The standard InChI is InChI=1S/C41H86N6O2/c1-3-5-7-9-11-13-15-17-19-21-23-25-38-47(41(49)31-30-39(44)48)40(29-24-22-20-18-16-14-12-10-8-6-4-2)45-34-28-37-46(35-26-32-42)36-27-33-43/h40,45H,3-38,42-43H2,1-2H3,(H2,44,48). The Balaban J connectivity index is 5.01. The number of unbranched alkanes of at least 4 members (excludes halogenated alkanes) is 21. The van der Waals surface area contributed by atoms with Crippen molar-refractivity contribution in [3.8, 4) is 0 Å². The van der Waals surface area contributed by atoms with Crippen LogP contribution in [0, 0.1) is 0 Å². The lowest BCUT2D eigenvalue weighted by Crippen LogP contribution is -2.50. The number of primary amides is 1. The Morgan fingerprint density at radius 3 is 1.35 bits per heavy atom. The highest BCUT2D eigenvalue weighted by atomic mass is 16.2. The third-order valence-corrected chi connectivity index (χ3v) is 10.0. The van der Waals surface area contributed by atoms with E-state index < -0.39 is 5.91 Å². The molecule has 0 aromatic heterocycles. The number of nitrogens with one attached hydrogen (secondary N) is 1. The van der Waals surface area contributed by atoms with Crippen LogP contribution in [0.5, 0.6) is 0 Å². The largest absolute Gasteiger partial charge is 0.370 e. The molecule has 292 valence electrons. The maximum absolute atomic E-state index is 13.5. The van der Waals surface area contributed by atoms with Gasteiger partial charge in [0.1, 0.15) is 0 Å². The Kier molecular flexibility index (Phi) is 37.1. The fraction of sp³-hybridized carbons (Fsp3) is 0.951. The lowest BCUT2D eigenvalue weighted by Gasteiger charge is -2.33. The van der Waals surface area contributed by atoms with Gasteiger partial charge in [-0.1, -0.05) is 155 Å². The molecule has 8 heteroatoms. The van der Waals surface area contributed by atoms with E-state index in [1.807, 2.05) is 0 Å². The summed E-state index contributed by atoms with van der Waals surface area (Å²) in [6.45, 7) is 10.6. The summed E-state index contributed by atoms with van der Waals surface area (Å²) in [5.41, 5.74) is 17.1. The molecule has 0 aliphatic rings. The molecule has 0 spiro atoms. The molecule has 7 N–H and O–H groups in total. The SMILES string of the molecule is CCCCCCCCCCCCCCN(C(=O)CCC(N)=O)C(CCCCCCCCCCCCC)NCCCN(CCCN)CCCN.